The first-order valence-corrected chi connectivity index (χ1v) is 8.05. The summed E-state index contributed by atoms with van der Waals surface area (Å²) in [6.45, 7) is 2.74. The first-order valence-electron chi connectivity index (χ1n) is 6.38. The van der Waals surface area contributed by atoms with Crippen LogP contribution in [-0.2, 0) is 11.3 Å². The molecule has 2 heterocycles. The summed E-state index contributed by atoms with van der Waals surface area (Å²) in [5.74, 6) is 0.149. The van der Waals surface area contributed by atoms with Crippen LogP contribution in [0.15, 0.2) is 28.2 Å². The second-order valence-corrected chi connectivity index (χ2v) is 6.32. The summed E-state index contributed by atoms with van der Waals surface area (Å²) in [5, 5.41) is 2.02. The molecule has 0 saturated heterocycles. The average Bonchev–Trinajstić information content (AvgIpc) is 2.84. The number of thiophene rings is 1. The standard InChI is InChI=1S/C14H16BrN3O2S/c1-3-20-14(19)11-4-5-17-13(12(11)16)18(2)7-10-6-9(15)8-21-10/h4-6,8H,3,7,16H2,1-2H3. The molecule has 21 heavy (non-hydrogen) atoms. The Morgan fingerprint density at radius 2 is 2.33 bits per heavy atom. The highest BCUT2D eigenvalue weighted by molar-refractivity contribution is 9.10. The predicted octanol–water partition coefficient (Wildman–Crippen LogP) is 3.30. The van der Waals surface area contributed by atoms with Crippen LogP contribution in [0.25, 0.3) is 0 Å². The van der Waals surface area contributed by atoms with Crippen molar-refractivity contribution < 1.29 is 9.53 Å². The van der Waals surface area contributed by atoms with E-state index in [4.69, 9.17) is 10.5 Å². The summed E-state index contributed by atoms with van der Waals surface area (Å²) < 4.78 is 6.05. The van der Waals surface area contributed by atoms with Crippen molar-refractivity contribution in [1.82, 2.24) is 4.98 Å². The van der Waals surface area contributed by atoms with Gasteiger partial charge in [0.1, 0.15) is 0 Å². The molecule has 0 unspecified atom stereocenters. The van der Waals surface area contributed by atoms with E-state index in [-0.39, 0.29) is 0 Å². The van der Waals surface area contributed by atoms with E-state index in [0.717, 1.165) is 4.47 Å². The Balaban J connectivity index is 2.23. The lowest BCUT2D eigenvalue weighted by Gasteiger charge is -2.20. The van der Waals surface area contributed by atoms with Gasteiger partial charge in [-0.3, -0.25) is 0 Å². The molecule has 0 fully saturated rings. The summed E-state index contributed by atoms with van der Waals surface area (Å²) >= 11 is 5.08. The van der Waals surface area contributed by atoms with Crippen molar-refractivity contribution in [3.05, 3.63) is 38.6 Å². The van der Waals surface area contributed by atoms with Gasteiger partial charge in [0.2, 0.25) is 0 Å². The van der Waals surface area contributed by atoms with Crippen molar-refractivity contribution >= 4 is 44.7 Å². The fourth-order valence-electron chi connectivity index (χ4n) is 1.90. The lowest BCUT2D eigenvalue weighted by Crippen LogP contribution is -2.20. The number of nitrogen functional groups attached to an aromatic ring is 1. The summed E-state index contributed by atoms with van der Waals surface area (Å²) in [4.78, 5) is 19.2. The molecule has 0 bridgehead atoms. The van der Waals surface area contributed by atoms with Gasteiger partial charge in [-0.05, 0) is 35.0 Å². The topological polar surface area (TPSA) is 68.5 Å². The molecule has 2 aromatic heterocycles. The summed E-state index contributed by atoms with van der Waals surface area (Å²) in [6.07, 6.45) is 1.57. The minimum absolute atomic E-state index is 0.314. The Morgan fingerprint density at radius 1 is 1.57 bits per heavy atom. The molecule has 7 heteroatoms. The Morgan fingerprint density at radius 3 is 2.95 bits per heavy atom. The summed E-state index contributed by atoms with van der Waals surface area (Å²) in [6, 6.07) is 3.62. The Labute approximate surface area is 135 Å². The Bertz CT molecular complexity index is 645. The van der Waals surface area contributed by atoms with E-state index in [1.807, 2.05) is 23.4 Å². The van der Waals surface area contributed by atoms with E-state index >= 15 is 0 Å². The SMILES string of the molecule is CCOC(=O)c1ccnc(N(C)Cc2cc(Br)cs2)c1N. The van der Waals surface area contributed by atoms with Crippen LogP contribution in [0.1, 0.15) is 22.2 Å². The zero-order chi connectivity index (χ0) is 15.4. The number of halogens is 1. The van der Waals surface area contributed by atoms with Crippen LogP contribution in [0.4, 0.5) is 11.5 Å². The number of hydrogen-bond donors (Lipinski definition) is 1. The van der Waals surface area contributed by atoms with Gasteiger partial charge in [-0.15, -0.1) is 11.3 Å². The second kappa shape index (κ2) is 6.91. The molecular weight excluding hydrogens is 354 g/mol. The fraction of sp³-hybridized carbons (Fsp3) is 0.286. The van der Waals surface area contributed by atoms with Gasteiger partial charge < -0.3 is 15.4 Å². The second-order valence-electron chi connectivity index (χ2n) is 4.40. The zero-order valence-electron chi connectivity index (χ0n) is 11.8. The van der Waals surface area contributed by atoms with Crippen LogP contribution in [0.3, 0.4) is 0 Å². The maximum atomic E-state index is 11.8. The number of nitrogens with zero attached hydrogens (tertiary/aromatic N) is 2. The van der Waals surface area contributed by atoms with Gasteiger partial charge in [-0.1, -0.05) is 0 Å². The molecule has 0 radical (unpaired) electrons. The van der Waals surface area contributed by atoms with Crippen molar-refractivity contribution in [2.45, 2.75) is 13.5 Å². The summed E-state index contributed by atoms with van der Waals surface area (Å²) in [7, 11) is 1.89. The van der Waals surface area contributed by atoms with Crippen LogP contribution in [0, 0.1) is 0 Å². The van der Waals surface area contributed by atoms with E-state index in [2.05, 4.69) is 20.9 Å². The zero-order valence-corrected chi connectivity index (χ0v) is 14.2. The third-order valence-corrected chi connectivity index (χ3v) is 4.52. The normalized spacial score (nSPS) is 10.4. The number of nitrogens with two attached hydrogens (primary N) is 1. The van der Waals surface area contributed by atoms with Gasteiger partial charge in [0.15, 0.2) is 5.82 Å². The van der Waals surface area contributed by atoms with Gasteiger partial charge in [0, 0.05) is 28.0 Å². The van der Waals surface area contributed by atoms with Crippen molar-refractivity contribution in [2.75, 3.05) is 24.3 Å². The number of ether oxygens (including phenoxy) is 1. The third-order valence-electron chi connectivity index (χ3n) is 2.84. The van der Waals surface area contributed by atoms with Crippen molar-refractivity contribution in [3.63, 3.8) is 0 Å². The quantitative estimate of drug-likeness (QED) is 0.818. The molecule has 0 saturated carbocycles. The minimum atomic E-state index is -0.425. The largest absolute Gasteiger partial charge is 0.462 e. The van der Waals surface area contributed by atoms with Crippen LogP contribution in [0.2, 0.25) is 0 Å². The van der Waals surface area contributed by atoms with E-state index in [9.17, 15) is 4.79 Å². The third kappa shape index (κ3) is 3.74. The van der Waals surface area contributed by atoms with Crippen molar-refractivity contribution in [2.24, 2.45) is 0 Å². The highest BCUT2D eigenvalue weighted by Gasteiger charge is 2.17. The van der Waals surface area contributed by atoms with Crippen molar-refractivity contribution in [3.8, 4) is 0 Å². The fourth-order valence-corrected chi connectivity index (χ4v) is 3.40. The molecule has 2 aromatic rings. The maximum Gasteiger partial charge on any atom is 0.340 e. The van der Waals surface area contributed by atoms with E-state index in [0.29, 0.717) is 30.2 Å². The number of carbonyl (C=O) groups is 1. The van der Waals surface area contributed by atoms with Gasteiger partial charge >= 0.3 is 5.97 Å². The molecule has 0 amide bonds. The number of pyridine rings is 1. The highest BCUT2D eigenvalue weighted by Crippen LogP contribution is 2.27. The van der Waals surface area contributed by atoms with Gasteiger partial charge in [0.25, 0.3) is 0 Å². The number of anilines is 2. The predicted molar refractivity (Wildman–Crippen MR) is 88.7 cm³/mol. The number of hydrogen-bond acceptors (Lipinski definition) is 6. The molecule has 0 aliphatic rings. The van der Waals surface area contributed by atoms with Crippen LogP contribution >= 0.6 is 27.3 Å². The number of aromatic nitrogens is 1. The van der Waals surface area contributed by atoms with E-state index < -0.39 is 5.97 Å². The van der Waals surface area contributed by atoms with Gasteiger partial charge in [-0.2, -0.15) is 0 Å². The van der Waals surface area contributed by atoms with E-state index in [1.165, 1.54) is 4.88 Å². The lowest BCUT2D eigenvalue weighted by molar-refractivity contribution is 0.0527. The molecule has 0 aliphatic carbocycles. The van der Waals surface area contributed by atoms with Gasteiger partial charge in [-0.25, -0.2) is 9.78 Å². The Kier molecular flexibility index (Phi) is 5.19. The molecule has 0 atom stereocenters. The molecule has 2 rings (SSSR count). The Hall–Kier alpha value is -1.60. The highest BCUT2D eigenvalue weighted by atomic mass is 79.9. The molecule has 0 aromatic carbocycles. The molecule has 0 spiro atoms. The average molecular weight is 370 g/mol. The van der Waals surface area contributed by atoms with Crippen LogP contribution < -0.4 is 10.6 Å². The monoisotopic (exact) mass is 369 g/mol. The summed E-state index contributed by atoms with van der Waals surface area (Å²) in [5.41, 5.74) is 6.75. The number of carbonyl (C=O) groups excluding carboxylic acids is 1. The number of esters is 1. The molecule has 0 aliphatic heterocycles. The van der Waals surface area contributed by atoms with Crippen LogP contribution in [-0.4, -0.2) is 24.6 Å². The smallest absolute Gasteiger partial charge is 0.340 e. The number of rotatable bonds is 5. The van der Waals surface area contributed by atoms with Crippen molar-refractivity contribution in [1.29, 1.82) is 0 Å². The van der Waals surface area contributed by atoms with Crippen LogP contribution in [0.5, 0.6) is 0 Å². The first kappa shape index (κ1) is 15.8. The lowest BCUT2D eigenvalue weighted by atomic mass is 10.2. The molecular formula is C14H16BrN3O2S. The van der Waals surface area contributed by atoms with Gasteiger partial charge in [0.05, 0.1) is 24.4 Å². The molecule has 2 N–H and O–H groups in total. The maximum absolute atomic E-state index is 11.8. The van der Waals surface area contributed by atoms with E-state index in [1.54, 1.807) is 30.5 Å². The first-order chi connectivity index (χ1) is 10.0. The molecule has 112 valence electrons. The minimum Gasteiger partial charge on any atom is -0.462 e. The molecule has 5 nitrogen and oxygen atoms in total.